The maximum Gasteiger partial charge on any atom is 0.217 e. The van der Waals surface area contributed by atoms with Crippen LogP contribution >= 0.6 is 0 Å². The van der Waals surface area contributed by atoms with E-state index in [9.17, 15) is 0 Å². The molecule has 17 heavy (non-hydrogen) atoms. The Hall–Kier alpha value is -1.13. The monoisotopic (exact) mass is 237 g/mol. The fourth-order valence-electron chi connectivity index (χ4n) is 1.50. The summed E-state index contributed by atoms with van der Waals surface area (Å²) >= 11 is 0. The Morgan fingerprint density at radius 3 is 2.94 bits per heavy atom. The third-order valence-electron chi connectivity index (χ3n) is 2.40. The predicted molar refractivity (Wildman–Crippen MR) is 70.3 cm³/mol. The summed E-state index contributed by atoms with van der Waals surface area (Å²) < 4.78 is 5.71. The van der Waals surface area contributed by atoms with Crippen LogP contribution in [0.4, 0.5) is 0 Å². The van der Waals surface area contributed by atoms with E-state index in [4.69, 9.17) is 4.74 Å². The summed E-state index contributed by atoms with van der Waals surface area (Å²) in [6.45, 7) is 5.61. The molecule has 1 aromatic rings. The van der Waals surface area contributed by atoms with E-state index in [0.29, 0.717) is 6.61 Å². The van der Waals surface area contributed by atoms with Gasteiger partial charge in [-0.3, -0.25) is 0 Å². The maximum absolute atomic E-state index is 5.71. The van der Waals surface area contributed by atoms with Crippen molar-refractivity contribution in [2.45, 2.75) is 19.9 Å². The van der Waals surface area contributed by atoms with Crippen LogP contribution < -0.4 is 10.1 Å². The molecule has 4 heteroatoms. The Balaban J connectivity index is 2.40. The maximum atomic E-state index is 5.71. The van der Waals surface area contributed by atoms with Crippen LogP contribution in [-0.2, 0) is 6.54 Å². The molecule has 0 saturated carbocycles. The van der Waals surface area contributed by atoms with E-state index >= 15 is 0 Å². The molecule has 0 bridgehead atoms. The van der Waals surface area contributed by atoms with Gasteiger partial charge in [0.05, 0.1) is 6.61 Å². The third-order valence-corrected chi connectivity index (χ3v) is 2.40. The topological polar surface area (TPSA) is 37.4 Å². The highest BCUT2D eigenvalue weighted by atomic mass is 16.5. The molecule has 0 aliphatic heterocycles. The molecule has 0 fully saturated rings. The van der Waals surface area contributed by atoms with Gasteiger partial charge in [0.1, 0.15) is 0 Å². The molecule has 1 rings (SSSR count). The van der Waals surface area contributed by atoms with Crippen LogP contribution in [0.3, 0.4) is 0 Å². The van der Waals surface area contributed by atoms with Crippen LogP contribution in [0.2, 0.25) is 0 Å². The van der Waals surface area contributed by atoms with E-state index in [1.54, 1.807) is 6.20 Å². The largest absolute Gasteiger partial charge is 0.477 e. The molecule has 0 unspecified atom stereocenters. The smallest absolute Gasteiger partial charge is 0.217 e. The lowest BCUT2D eigenvalue weighted by Gasteiger charge is -2.12. The summed E-state index contributed by atoms with van der Waals surface area (Å²) in [5.74, 6) is 0.757. The van der Waals surface area contributed by atoms with Crippen molar-refractivity contribution in [2.75, 3.05) is 33.8 Å². The molecule has 0 atom stereocenters. The summed E-state index contributed by atoms with van der Waals surface area (Å²) in [6.07, 6.45) is 2.79. The van der Waals surface area contributed by atoms with Gasteiger partial charge in [0.2, 0.25) is 5.88 Å². The zero-order chi connectivity index (χ0) is 12.5. The Morgan fingerprint density at radius 1 is 1.41 bits per heavy atom. The van der Waals surface area contributed by atoms with Crippen molar-refractivity contribution >= 4 is 0 Å². The molecule has 1 aromatic heterocycles. The van der Waals surface area contributed by atoms with E-state index in [-0.39, 0.29) is 0 Å². The third kappa shape index (κ3) is 5.65. The summed E-state index contributed by atoms with van der Waals surface area (Å²) in [6, 6.07) is 4.00. The molecule has 1 heterocycles. The molecule has 0 radical (unpaired) electrons. The molecule has 0 aromatic carbocycles. The second kappa shape index (κ2) is 8.03. The number of hydrogen-bond donors (Lipinski definition) is 1. The first-order valence-corrected chi connectivity index (χ1v) is 6.16. The number of nitrogens with one attached hydrogen (secondary N) is 1. The van der Waals surface area contributed by atoms with E-state index in [1.165, 1.54) is 0 Å². The number of hydrogen-bond acceptors (Lipinski definition) is 4. The predicted octanol–water partition coefficient (Wildman–Crippen LogP) is 1.52. The second-order valence-electron chi connectivity index (χ2n) is 4.25. The molecule has 1 N–H and O–H groups in total. The molecule has 0 saturated heterocycles. The molecular formula is C13H23N3O. The molecule has 4 nitrogen and oxygen atoms in total. The summed E-state index contributed by atoms with van der Waals surface area (Å²) in [4.78, 5) is 6.43. The highest BCUT2D eigenvalue weighted by Gasteiger charge is 2.03. The van der Waals surface area contributed by atoms with Gasteiger partial charge in [-0.05, 0) is 33.1 Å². The second-order valence-corrected chi connectivity index (χ2v) is 4.25. The first kappa shape index (κ1) is 13.9. The summed E-state index contributed by atoms with van der Waals surface area (Å²) in [7, 11) is 4.13. The quantitative estimate of drug-likeness (QED) is 0.696. The van der Waals surface area contributed by atoms with E-state index < -0.39 is 0 Å². The molecule has 0 aliphatic rings. The lowest BCUT2D eigenvalue weighted by molar-refractivity contribution is 0.270. The van der Waals surface area contributed by atoms with Gasteiger partial charge in [-0.1, -0.05) is 13.0 Å². The van der Waals surface area contributed by atoms with Gasteiger partial charge in [0, 0.05) is 24.8 Å². The normalized spacial score (nSPS) is 10.8. The van der Waals surface area contributed by atoms with Gasteiger partial charge in [-0.15, -0.1) is 0 Å². The van der Waals surface area contributed by atoms with Crippen LogP contribution in [0.25, 0.3) is 0 Å². The average Bonchev–Trinajstić information content (AvgIpc) is 2.33. The van der Waals surface area contributed by atoms with Crippen LogP contribution in [0.15, 0.2) is 18.3 Å². The zero-order valence-corrected chi connectivity index (χ0v) is 11.1. The van der Waals surface area contributed by atoms with Gasteiger partial charge in [0.15, 0.2) is 0 Å². The highest BCUT2D eigenvalue weighted by Crippen LogP contribution is 2.13. The zero-order valence-electron chi connectivity index (χ0n) is 11.1. The van der Waals surface area contributed by atoms with Gasteiger partial charge in [-0.25, -0.2) is 4.98 Å². The van der Waals surface area contributed by atoms with Crippen molar-refractivity contribution in [3.63, 3.8) is 0 Å². The van der Waals surface area contributed by atoms with Gasteiger partial charge in [-0.2, -0.15) is 0 Å². The Morgan fingerprint density at radius 2 is 2.24 bits per heavy atom. The summed E-state index contributed by atoms with van der Waals surface area (Å²) in [5, 5.41) is 3.29. The van der Waals surface area contributed by atoms with E-state index in [0.717, 1.165) is 37.5 Å². The van der Waals surface area contributed by atoms with Crippen molar-refractivity contribution < 1.29 is 4.74 Å². The molecule has 96 valence electrons. The minimum atomic E-state index is 0.717. The van der Waals surface area contributed by atoms with Crippen molar-refractivity contribution in [1.82, 2.24) is 15.2 Å². The Bertz CT molecular complexity index is 315. The number of aromatic nitrogens is 1. The van der Waals surface area contributed by atoms with Gasteiger partial charge >= 0.3 is 0 Å². The van der Waals surface area contributed by atoms with Crippen LogP contribution in [0.5, 0.6) is 5.88 Å². The van der Waals surface area contributed by atoms with Crippen molar-refractivity contribution in [1.29, 1.82) is 0 Å². The average molecular weight is 237 g/mol. The molecule has 0 amide bonds. The minimum absolute atomic E-state index is 0.717. The highest BCUT2D eigenvalue weighted by molar-refractivity contribution is 5.25. The number of nitrogens with zero attached hydrogens (tertiary/aromatic N) is 2. The first-order chi connectivity index (χ1) is 8.24. The standard InChI is InChI=1S/C13H23N3O/c1-4-14-11-12-7-5-8-15-13(12)17-10-6-9-16(2)3/h5,7-8,14H,4,6,9-11H2,1-3H3. The van der Waals surface area contributed by atoms with Crippen LogP contribution in [-0.4, -0.2) is 43.7 Å². The van der Waals surface area contributed by atoms with Gasteiger partial charge < -0.3 is 15.0 Å². The first-order valence-electron chi connectivity index (χ1n) is 6.16. The molecule has 0 aliphatic carbocycles. The minimum Gasteiger partial charge on any atom is -0.477 e. The fraction of sp³-hybridized carbons (Fsp3) is 0.615. The Kier molecular flexibility index (Phi) is 6.58. The van der Waals surface area contributed by atoms with Crippen molar-refractivity contribution in [3.8, 4) is 5.88 Å². The van der Waals surface area contributed by atoms with Gasteiger partial charge in [0.25, 0.3) is 0 Å². The van der Waals surface area contributed by atoms with E-state index in [2.05, 4.69) is 42.3 Å². The SMILES string of the molecule is CCNCc1cccnc1OCCCN(C)C. The summed E-state index contributed by atoms with van der Waals surface area (Å²) in [5.41, 5.74) is 1.12. The number of ether oxygens (including phenoxy) is 1. The van der Waals surface area contributed by atoms with Crippen LogP contribution in [0.1, 0.15) is 18.9 Å². The number of rotatable bonds is 8. The van der Waals surface area contributed by atoms with Crippen molar-refractivity contribution in [2.24, 2.45) is 0 Å². The number of pyridine rings is 1. The Labute approximate surface area is 104 Å². The lowest BCUT2D eigenvalue weighted by atomic mass is 10.2. The molecular weight excluding hydrogens is 214 g/mol. The fourth-order valence-corrected chi connectivity index (χ4v) is 1.50. The lowest BCUT2D eigenvalue weighted by Crippen LogP contribution is -2.17. The van der Waals surface area contributed by atoms with Crippen LogP contribution in [0, 0.1) is 0 Å². The molecule has 0 spiro atoms. The van der Waals surface area contributed by atoms with E-state index in [1.807, 2.05) is 6.07 Å². The van der Waals surface area contributed by atoms with Crippen molar-refractivity contribution in [3.05, 3.63) is 23.9 Å².